The van der Waals surface area contributed by atoms with Crippen LogP contribution in [0.2, 0.25) is 0 Å². The molecule has 2 aliphatic heterocycles. The summed E-state index contributed by atoms with van der Waals surface area (Å²) in [6, 6.07) is 2.66. The Morgan fingerprint density at radius 3 is 2.83 bits per heavy atom. The molecule has 9 heteroatoms. The zero-order valence-electron chi connectivity index (χ0n) is 12.6. The molecule has 2 aliphatic rings. The summed E-state index contributed by atoms with van der Waals surface area (Å²) in [5.74, 6) is -0.151. The highest BCUT2D eigenvalue weighted by molar-refractivity contribution is 5.78. The molecule has 0 aromatic carbocycles. The largest absolute Gasteiger partial charge is 0.441 e. The highest BCUT2D eigenvalue weighted by Crippen LogP contribution is 2.17. The molecule has 23 heavy (non-hydrogen) atoms. The van der Waals surface area contributed by atoms with Gasteiger partial charge in [0.1, 0.15) is 11.0 Å². The zero-order chi connectivity index (χ0) is 16.2. The van der Waals surface area contributed by atoms with Crippen molar-refractivity contribution in [2.24, 2.45) is 5.10 Å². The van der Waals surface area contributed by atoms with Crippen LogP contribution in [-0.2, 0) is 4.74 Å². The van der Waals surface area contributed by atoms with Crippen molar-refractivity contribution in [1.82, 2.24) is 9.91 Å². The van der Waals surface area contributed by atoms with Crippen LogP contribution in [0, 0.1) is 10.1 Å². The predicted octanol–water partition coefficient (Wildman–Crippen LogP) is 1.83. The van der Waals surface area contributed by atoms with Gasteiger partial charge in [-0.2, -0.15) is 10.1 Å². The number of hydrazone groups is 1. The van der Waals surface area contributed by atoms with Crippen molar-refractivity contribution in [3.8, 4) is 0 Å². The minimum absolute atomic E-state index is 0.205. The van der Waals surface area contributed by atoms with Crippen LogP contribution in [0.3, 0.4) is 0 Å². The summed E-state index contributed by atoms with van der Waals surface area (Å²) in [5.41, 5.74) is 0. The van der Waals surface area contributed by atoms with Gasteiger partial charge in [-0.1, -0.05) is 6.42 Å². The van der Waals surface area contributed by atoms with E-state index in [1.807, 2.05) is 0 Å². The lowest BCUT2D eigenvalue weighted by Gasteiger charge is -2.27. The van der Waals surface area contributed by atoms with E-state index in [-0.39, 0.29) is 17.7 Å². The van der Waals surface area contributed by atoms with Gasteiger partial charge in [0.2, 0.25) is 0 Å². The van der Waals surface area contributed by atoms with E-state index in [1.165, 1.54) is 42.6 Å². The summed E-state index contributed by atoms with van der Waals surface area (Å²) in [5, 5.41) is 15.7. The smallest absolute Gasteiger partial charge is 0.433 e. The third-order valence-corrected chi connectivity index (χ3v) is 3.88. The fraction of sp³-hybridized carbons (Fsp3) is 0.571. The van der Waals surface area contributed by atoms with Gasteiger partial charge in [0.25, 0.3) is 0 Å². The molecule has 1 amide bonds. The topological polar surface area (TPSA) is 101 Å². The number of carbonyl (C=O) groups is 1. The van der Waals surface area contributed by atoms with Crippen LogP contribution in [0.1, 0.15) is 25.0 Å². The Labute approximate surface area is 132 Å². The first-order valence-electron chi connectivity index (χ1n) is 7.60. The van der Waals surface area contributed by atoms with Crippen LogP contribution in [0.25, 0.3) is 0 Å². The fourth-order valence-electron chi connectivity index (χ4n) is 2.76. The molecule has 0 unspecified atom stereocenters. The summed E-state index contributed by atoms with van der Waals surface area (Å²) < 4.78 is 10.3. The average Bonchev–Trinajstić information content (AvgIpc) is 3.13. The van der Waals surface area contributed by atoms with Gasteiger partial charge in [-0.05, 0) is 32.0 Å². The second-order valence-electron chi connectivity index (χ2n) is 5.63. The van der Waals surface area contributed by atoms with Crippen molar-refractivity contribution in [3.63, 3.8) is 0 Å². The SMILES string of the molecule is O=C1O[C@@H](CN2CCCCC2)CN1/N=C/c1ccc([N+](=O)[O-])o1. The monoisotopic (exact) mass is 322 g/mol. The van der Waals surface area contributed by atoms with Gasteiger partial charge < -0.3 is 9.15 Å². The molecule has 124 valence electrons. The molecule has 3 rings (SSSR count). The molecule has 0 N–H and O–H groups in total. The number of likely N-dealkylation sites (tertiary alicyclic amines) is 1. The van der Waals surface area contributed by atoms with Gasteiger partial charge in [-0.25, -0.2) is 4.79 Å². The Hall–Kier alpha value is -2.42. The van der Waals surface area contributed by atoms with Crippen LogP contribution < -0.4 is 0 Å². The summed E-state index contributed by atoms with van der Waals surface area (Å²) in [6.45, 7) is 3.15. The Balaban J connectivity index is 1.54. The van der Waals surface area contributed by atoms with E-state index in [0.29, 0.717) is 13.1 Å². The molecule has 0 saturated carbocycles. The molecule has 1 aromatic rings. The van der Waals surface area contributed by atoms with Crippen LogP contribution >= 0.6 is 0 Å². The zero-order valence-corrected chi connectivity index (χ0v) is 12.6. The van der Waals surface area contributed by atoms with Crippen molar-refractivity contribution in [3.05, 3.63) is 28.0 Å². The second kappa shape index (κ2) is 6.78. The molecule has 3 heterocycles. The van der Waals surface area contributed by atoms with Gasteiger partial charge in [0.15, 0.2) is 5.76 Å². The van der Waals surface area contributed by atoms with Crippen molar-refractivity contribution >= 4 is 18.2 Å². The van der Waals surface area contributed by atoms with Crippen molar-refractivity contribution < 1.29 is 18.9 Å². The lowest BCUT2D eigenvalue weighted by Crippen LogP contribution is -2.37. The maximum atomic E-state index is 11.8. The maximum absolute atomic E-state index is 11.8. The van der Waals surface area contributed by atoms with E-state index < -0.39 is 11.0 Å². The van der Waals surface area contributed by atoms with Gasteiger partial charge in [0, 0.05) is 6.54 Å². The number of rotatable bonds is 5. The minimum atomic E-state index is -0.629. The second-order valence-corrected chi connectivity index (χ2v) is 5.63. The molecular formula is C14H18N4O5. The highest BCUT2D eigenvalue weighted by Gasteiger charge is 2.32. The van der Waals surface area contributed by atoms with E-state index in [1.54, 1.807) is 0 Å². The summed E-state index contributed by atoms with van der Waals surface area (Å²) in [4.78, 5) is 24.0. The highest BCUT2D eigenvalue weighted by atomic mass is 16.6. The van der Waals surface area contributed by atoms with E-state index in [0.717, 1.165) is 13.1 Å². The summed E-state index contributed by atoms with van der Waals surface area (Å²) in [6.07, 6.45) is 4.18. The Morgan fingerprint density at radius 1 is 1.35 bits per heavy atom. The maximum Gasteiger partial charge on any atom is 0.433 e. The fourth-order valence-corrected chi connectivity index (χ4v) is 2.76. The van der Waals surface area contributed by atoms with E-state index in [9.17, 15) is 14.9 Å². The van der Waals surface area contributed by atoms with Crippen LogP contribution in [-0.4, -0.2) is 59.4 Å². The van der Waals surface area contributed by atoms with Crippen molar-refractivity contribution in [2.75, 3.05) is 26.2 Å². The molecule has 0 radical (unpaired) electrons. The van der Waals surface area contributed by atoms with E-state index in [2.05, 4.69) is 10.0 Å². The number of carbonyl (C=O) groups excluding carboxylic acids is 1. The van der Waals surface area contributed by atoms with E-state index in [4.69, 9.17) is 9.15 Å². The molecule has 2 fully saturated rings. The quantitative estimate of drug-likeness (QED) is 0.465. The lowest BCUT2D eigenvalue weighted by atomic mass is 10.1. The van der Waals surface area contributed by atoms with Crippen LogP contribution in [0.5, 0.6) is 0 Å². The van der Waals surface area contributed by atoms with Gasteiger partial charge in [-0.3, -0.25) is 15.0 Å². The molecule has 0 aliphatic carbocycles. The number of cyclic esters (lactones) is 1. The van der Waals surface area contributed by atoms with Gasteiger partial charge in [-0.15, -0.1) is 0 Å². The van der Waals surface area contributed by atoms with Gasteiger partial charge >= 0.3 is 12.0 Å². The third-order valence-electron chi connectivity index (χ3n) is 3.88. The van der Waals surface area contributed by atoms with Crippen LogP contribution in [0.4, 0.5) is 10.7 Å². The number of nitrogens with zero attached hydrogens (tertiary/aromatic N) is 4. The first kappa shape index (κ1) is 15.5. The number of hydrogen-bond acceptors (Lipinski definition) is 7. The molecule has 1 aromatic heterocycles. The normalized spacial score (nSPS) is 22.7. The van der Waals surface area contributed by atoms with E-state index >= 15 is 0 Å². The first-order chi connectivity index (χ1) is 11.1. The number of nitro groups is 1. The molecule has 9 nitrogen and oxygen atoms in total. The number of hydrogen-bond donors (Lipinski definition) is 0. The first-order valence-corrected chi connectivity index (χ1v) is 7.60. The molecule has 0 bridgehead atoms. The summed E-state index contributed by atoms with van der Waals surface area (Å²) >= 11 is 0. The Kier molecular flexibility index (Phi) is 4.56. The third kappa shape index (κ3) is 3.86. The van der Waals surface area contributed by atoms with Crippen molar-refractivity contribution in [2.45, 2.75) is 25.4 Å². The Bertz CT molecular complexity index is 608. The van der Waals surface area contributed by atoms with Gasteiger partial charge in [0.05, 0.1) is 18.8 Å². The minimum Gasteiger partial charge on any atom is -0.441 e. The number of amides is 1. The Morgan fingerprint density at radius 2 is 2.13 bits per heavy atom. The van der Waals surface area contributed by atoms with Crippen molar-refractivity contribution in [1.29, 1.82) is 0 Å². The molecule has 2 saturated heterocycles. The lowest BCUT2D eigenvalue weighted by molar-refractivity contribution is -0.402. The standard InChI is InChI=1S/C14H18N4O5/c19-14-17(15-8-11-4-5-13(22-11)18(20)21)10-12(23-14)9-16-6-2-1-3-7-16/h4-5,8,12H,1-3,6-7,9-10H2/b15-8+/t12-/m0/s1. The molecule has 1 atom stereocenters. The molecule has 0 spiro atoms. The summed E-state index contributed by atoms with van der Waals surface area (Å²) in [7, 11) is 0. The van der Waals surface area contributed by atoms with Crippen LogP contribution in [0.15, 0.2) is 21.7 Å². The number of furan rings is 1. The number of ether oxygens (including phenoxy) is 1. The predicted molar refractivity (Wildman–Crippen MR) is 80.2 cm³/mol. The molecular weight excluding hydrogens is 304 g/mol. The number of piperidine rings is 1. The average molecular weight is 322 g/mol.